The lowest BCUT2D eigenvalue weighted by Gasteiger charge is -2.06. The average molecular weight is 258 g/mol. The lowest BCUT2D eigenvalue weighted by atomic mass is 9.97. The molecule has 0 amide bonds. The van der Waals surface area contributed by atoms with E-state index in [-0.39, 0.29) is 0 Å². The topological polar surface area (TPSA) is 13.1 Å². The van der Waals surface area contributed by atoms with E-state index >= 15 is 0 Å². The summed E-state index contributed by atoms with van der Waals surface area (Å²) >= 11 is 0. The molecule has 0 saturated carbocycles. The van der Waals surface area contributed by atoms with Crippen LogP contribution < -0.4 is 0 Å². The molecule has 1 aromatic heterocycles. The van der Waals surface area contributed by atoms with Crippen molar-refractivity contribution in [3.8, 4) is 0 Å². The third-order valence-electron chi connectivity index (χ3n) is 3.83. The summed E-state index contributed by atoms with van der Waals surface area (Å²) in [6.45, 7) is 2.10. The number of benzene rings is 2. The quantitative estimate of drug-likeness (QED) is 0.527. The van der Waals surface area contributed by atoms with Crippen molar-refractivity contribution in [2.45, 2.75) is 13.3 Å². The first-order valence-electron chi connectivity index (χ1n) is 6.86. The van der Waals surface area contributed by atoms with Crippen molar-refractivity contribution >= 4 is 27.5 Å². The highest BCUT2D eigenvalue weighted by Gasteiger charge is 2.13. The molecule has 1 nitrogen and oxygen atoms in total. The van der Waals surface area contributed by atoms with Gasteiger partial charge in [0.25, 0.3) is 0 Å². The maximum Gasteiger partial charge on any atom is 0.143 e. The Morgan fingerprint density at radius 2 is 1.85 bits per heavy atom. The first kappa shape index (κ1) is 11.3. The fraction of sp³-hybridized carbons (Fsp3) is 0.105. The van der Waals surface area contributed by atoms with Gasteiger partial charge in [-0.1, -0.05) is 42.5 Å². The summed E-state index contributed by atoms with van der Waals surface area (Å²) < 4.78 is 6.07. The molecule has 20 heavy (non-hydrogen) atoms. The van der Waals surface area contributed by atoms with Gasteiger partial charge in [-0.25, -0.2) is 0 Å². The lowest BCUT2D eigenvalue weighted by Crippen LogP contribution is -1.86. The van der Waals surface area contributed by atoms with Crippen LogP contribution in [0.3, 0.4) is 0 Å². The number of allylic oxidation sites excluding steroid dienone is 3. The molecule has 0 atom stereocenters. The Bertz CT molecular complexity index is 915. The summed E-state index contributed by atoms with van der Waals surface area (Å²) in [5, 5.41) is 2.36. The molecule has 1 aliphatic rings. The van der Waals surface area contributed by atoms with Gasteiger partial charge in [-0.05, 0) is 31.1 Å². The number of hydrogen-bond acceptors (Lipinski definition) is 1. The molecule has 0 spiro atoms. The molecule has 0 unspecified atom stereocenters. The van der Waals surface area contributed by atoms with Crippen LogP contribution >= 0.6 is 0 Å². The van der Waals surface area contributed by atoms with Crippen LogP contribution in [0.5, 0.6) is 0 Å². The second-order valence-electron chi connectivity index (χ2n) is 5.20. The molecule has 2 aromatic carbocycles. The highest BCUT2D eigenvalue weighted by atomic mass is 16.3. The monoisotopic (exact) mass is 258 g/mol. The minimum absolute atomic E-state index is 0.915. The van der Waals surface area contributed by atoms with Gasteiger partial charge < -0.3 is 4.42 Å². The number of hydrogen-bond donors (Lipinski definition) is 0. The smallest absolute Gasteiger partial charge is 0.143 e. The van der Waals surface area contributed by atoms with Crippen molar-refractivity contribution in [1.29, 1.82) is 0 Å². The maximum atomic E-state index is 6.07. The van der Waals surface area contributed by atoms with Crippen molar-refractivity contribution in [1.82, 2.24) is 0 Å². The van der Waals surface area contributed by atoms with Crippen LogP contribution in [-0.2, 0) is 0 Å². The minimum Gasteiger partial charge on any atom is -0.455 e. The van der Waals surface area contributed by atoms with E-state index in [1.54, 1.807) is 0 Å². The van der Waals surface area contributed by atoms with Crippen molar-refractivity contribution < 1.29 is 4.42 Å². The molecule has 1 heterocycles. The van der Waals surface area contributed by atoms with E-state index in [0.717, 1.165) is 23.2 Å². The van der Waals surface area contributed by atoms with Crippen molar-refractivity contribution in [3.05, 3.63) is 71.5 Å². The molecular formula is C19H14O. The van der Waals surface area contributed by atoms with Gasteiger partial charge in [0, 0.05) is 21.9 Å². The van der Waals surface area contributed by atoms with Gasteiger partial charge in [0.15, 0.2) is 0 Å². The summed E-state index contributed by atoms with van der Waals surface area (Å²) in [4.78, 5) is 0. The molecule has 1 aliphatic carbocycles. The van der Waals surface area contributed by atoms with Gasteiger partial charge in [0.1, 0.15) is 11.2 Å². The number of para-hydroxylation sites is 2. The molecule has 3 aromatic rings. The summed E-state index contributed by atoms with van der Waals surface area (Å²) in [5.74, 6) is 0. The van der Waals surface area contributed by atoms with Gasteiger partial charge in [-0.2, -0.15) is 0 Å². The van der Waals surface area contributed by atoms with E-state index in [1.807, 2.05) is 18.2 Å². The zero-order valence-electron chi connectivity index (χ0n) is 11.3. The van der Waals surface area contributed by atoms with E-state index in [0.29, 0.717) is 0 Å². The molecule has 0 bridgehead atoms. The normalized spacial score (nSPS) is 14.7. The average Bonchev–Trinajstić information content (AvgIpc) is 2.87. The highest BCUT2D eigenvalue weighted by Crippen LogP contribution is 2.35. The fourth-order valence-electron chi connectivity index (χ4n) is 2.75. The van der Waals surface area contributed by atoms with E-state index < -0.39 is 0 Å². The number of furan rings is 1. The molecule has 0 fully saturated rings. The molecular weight excluding hydrogens is 244 g/mol. The van der Waals surface area contributed by atoms with E-state index in [1.165, 1.54) is 21.9 Å². The maximum absolute atomic E-state index is 6.07. The highest BCUT2D eigenvalue weighted by molar-refractivity contribution is 6.08. The summed E-state index contributed by atoms with van der Waals surface area (Å²) in [6, 6.07) is 14.5. The molecule has 1 heteroatoms. The van der Waals surface area contributed by atoms with Crippen LogP contribution in [0, 0.1) is 0 Å². The third kappa shape index (κ3) is 1.65. The van der Waals surface area contributed by atoms with Crippen LogP contribution in [0.1, 0.15) is 18.9 Å². The van der Waals surface area contributed by atoms with Gasteiger partial charge in [0.05, 0.1) is 0 Å². The van der Waals surface area contributed by atoms with Gasteiger partial charge in [0.2, 0.25) is 0 Å². The standard InChI is InChI=1S/C19H14O/c1-13-9-11-14(12-10-13)15-6-4-7-17-16-5-2-3-8-18(16)20-19(15)17/h2-10H,11H2,1H3. The summed E-state index contributed by atoms with van der Waals surface area (Å²) in [6.07, 6.45) is 5.19. The van der Waals surface area contributed by atoms with Crippen LogP contribution in [0.15, 0.2) is 70.3 Å². The molecule has 0 saturated heterocycles. The van der Waals surface area contributed by atoms with Gasteiger partial charge in [-0.3, -0.25) is 0 Å². The van der Waals surface area contributed by atoms with Crippen molar-refractivity contribution in [3.63, 3.8) is 0 Å². The molecule has 96 valence electrons. The molecule has 0 aliphatic heterocycles. The summed E-state index contributed by atoms with van der Waals surface area (Å²) in [5.41, 5.74) is 8.92. The number of rotatable bonds is 1. The third-order valence-corrected chi connectivity index (χ3v) is 3.83. The Morgan fingerprint density at radius 3 is 2.70 bits per heavy atom. The van der Waals surface area contributed by atoms with Crippen LogP contribution in [0.2, 0.25) is 0 Å². The van der Waals surface area contributed by atoms with Crippen molar-refractivity contribution in [2.24, 2.45) is 0 Å². The fourth-order valence-corrected chi connectivity index (χ4v) is 2.75. The first-order chi connectivity index (χ1) is 9.83. The van der Waals surface area contributed by atoms with Gasteiger partial charge >= 0.3 is 0 Å². The Kier molecular flexibility index (Phi) is 2.42. The lowest BCUT2D eigenvalue weighted by molar-refractivity contribution is 0.667. The zero-order valence-corrected chi connectivity index (χ0v) is 11.3. The minimum atomic E-state index is 0.915. The molecule has 0 radical (unpaired) electrons. The zero-order chi connectivity index (χ0) is 13.5. The second-order valence-corrected chi connectivity index (χ2v) is 5.20. The predicted molar refractivity (Wildman–Crippen MR) is 83.6 cm³/mol. The van der Waals surface area contributed by atoms with Crippen LogP contribution in [-0.4, -0.2) is 0 Å². The first-order valence-corrected chi connectivity index (χ1v) is 6.86. The van der Waals surface area contributed by atoms with Crippen LogP contribution in [0.4, 0.5) is 0 Å². The van der Waals surface area contributed by atoms with Crippen molar-refractivity contribution in [2.75, 3.05) is 0 Å². The largest absolute Gasteiger partial charge is 0.455 e. The summed E-state index contributed by atoms with van der Waals surface area (Å²) in [7, 11) is 0. The van der Waals surface area contributed by atoms with E-state index in [9.17, 15) is 0 Å². The number of fused-ring (bicyclic) bond motifs is 3. The Hall–Kier alpha value is -2.50. The SMILES string of the molecule is CC1=CCC(c2cccc3c2oc2ccccc23)=C=C1. The Labute approximate surface area is 117 Å². The van der Waals surface area contributed by atoms with E-state index in [2.05, 4.69) is 49.1 Å². The Morgan fingerprint density at radius 1 is 1.00 bits per heavy atom. The van der Waals surface area contributed by atoms with Gasteiger partial charge in [-0.15, -0.1) is 5.73 Å². The predicted octanol–water partition coefficient (Wildman–Crippen LogP) is 5.47. The Balaban J connectivity index is 2.04. The van der Waals surface area contributed by atoms with E-state index in [4.69, 9.17) is 4.42 Å². The van der Waals surface area contributed by atoms with Crippen LogP contribution in [0.25, 0.3) is 27.5 Å². The molecule has 4 rings (SSSR count). The second kappa shape index (κ2) is 4.26. The molecule has 0 N–H and O–H groups in total.